The molecule has 5 heteroatoms. The van der Waals surface area contributed by atoms with Gasteiger partial charge in [0.15, 0.2) is 0 Å². The molecular formula is C70H102O4Si. The van der Waals surface area contributed by atoms with Crippen LogP contribution >= 0.6 is 0 Å². The van der Waals surface area contributed by atoms with Gasteiger partial charge in [-0.1, -0.05) is 161 Å². The number of allylic oxidation sites excluding steroid dienone is 5. The fourth-order valence-corrected chi connectivity index (χ4v) is 19.4. The summed E-state index contributed by atoms with van der Waals surface area (Å²) in [6.45, 7) is 26.7. The maximum atomic E-state index is 5.84. The fraction of sp³-hybridized carbons (Fsp3) is 0.629. The molecule has 0 heterocycles. The number of hydrogen-bond acceptors (Lipinski definition) is 4. The van der Waals surface area contributed by atoms with Crippen LogP contribution in [0.15, 0.2) is 105 Å². The Kier molecular flexibility index (Phi) is 17.2. The van der Waals surface area contributed by atoms with Crippen LogP contribution in [0.2, 0.25) is 19.6 Å². The monoisotopic (exact) mass is 1030 g/mol. The van der Waals surface area contributed by atoms with Crippen LogP contribution in [-0.2, 0) is 44.3 Å². The molecule has 8 aliphatic rings. The molecule has 0 aromatic heterocycles. The lowest BCUT2D eigenvalue weighted by molar-refractivity contribution is 0.0943. The van der Waals surface area contributed by atoms with E-state index < -0.39 is 8.07 Å². The molecule has 75 heavy (non-hydrogen) atoms. The van der Waals surface area contributed by atoms with Gasteiger partial charge >= 0.3 is 0 Å². The molecular weight excluding hydrogens is 933 g/mol. The molecule has 0 spiro atoms. The van der Waals surface area contributed by atoms with E-state index in [1.54, 1.807) is 73.6 Å². The Labute approximate surface area is 459 Å². The minimum absolute atomic E-state index is 0. The smallest absolute Gasteiger partial charge is 0.119 e. The predicted octanol–water partition coefficient (Wildman–Crippen LogP) is 18.4. The molecule has 3 fully saturated rings. The Balaban J connectivity index is 0.000000149. The Bertz CT molecular complexity index is 2590. The number of fused-ring (bicyclic) bond motifs is 9. The lowest BCUT2D eigenvalue weighted by Crippen LogP contribution is -2.40. The van der Waals surface area contributed by atoms with E-state index in [0.29, 0.717) is 45.4 Å². The molecule has 3 saturated carbocycles. The number of hydrogen-bond donors (Lipinski definition) is 0. The van der Waals surface area contributed by atoms with Crippen LogP contribution in [0.5, 0.6) is 5.75 Å². The second-order valence-electron chi connectivity index (χ2n) is 26.6. The highest BCUT2D eigenvalue weighted by atomic mass is 28.3. The van der Waals surface area contributed by atoms with E-state index in [4.69, 9.17) is 18.9 Å². The van der Waals surface area contributed by atoms with Crippen molar-refractivity contribution in [2.45, 2.75) is 240 Å². The minimum atomic E-state index is -1.36. The highest BCUT2D eigenvalue weighted by Gasteiger charge is 2.54. The number of rotatable bonds is 11. The standard InChI is InChI=1S/C25H38O2Si.2C22H30O.CH4/c1-8-21-22(13-12-18-10-9-11-19(14-18)26-3)23-15-20(27-4)16-25(23,2)17-24(21)28(5,6)7;2*1-5-22-11-10-21(3)14-17(23-4)13-20(21)19(22)9-7-16-12-15(2)6-8-18(16)22;/h9-11,14,20H,8,12-13,15-17H2,1-7H3;2*6,8,12,17H,5,7,9-11,13-14H2,1-4H3;1H4/t20-,25+;17-,21-,22+;17-,21-,22-;/m111./s1. The molecule has 11 rings (SSSR count). The SMILES string of the molecule is C.CCC1=C([Si](C)(C)C)C[C@]2(C)C[C@H](OC)CC2=C1CCc1cccc(OC)c1.CC[C@@]12CC[C@]3(C)C[C@H](OC)CC3=C1CCc1cc(C)ccc12.CC[C@]12CC[C@]3(C)C[C@H](OC)CC3=C1CCc1cc(C)ccc12. The third kappa shape index (κ3) is 10.5. The summed E-state index contributed by atoms with van der Waals surface area (Å²) >= 11 is 0. The molecule has 3 aromatic rings. The summed E-state index contributed by atoms with van der Waals surface area (Å²) in [4.78, 5) is 0. The third-order valence-corrected chi connectivity index (χ3v) is 23.7. The maximum Gasteiger partial charge on any atom is 0.119 e. The summed E-state index contributed by atoms with van der Waals surface area (Å²) in [7, 11) is 6.06. The third-order valence-electron chi connectivity index (χ3n) is 21.4. The van der Waals surface area contributed by atoms with Gasteiger partial charge in [-0.15, -0.1) is 0 Å². The molecule has 8 atom stereocenters. The van der Waals surface area contributed by atoms with Crippen molar-refractivity contribution < 1.29 is 18.9 Å². The minimum Gasteiger partial charge on any atom is -0.497 e. The van der Waals surface area contributed by atoms with Gasteiger partial charge in [-0.25, -0.2) is 0 Å². The lowest BCUT2D eigenvalue weighted by Gasteiger charge is -2.49. The molecule has 0 bridgehead atoms. The second-order valence-corrected chi connectivity index (χ2v) is 31.7. The zero-order valence-corrected chi connectivity index (χ0v) is 50.3. The first kappa shape index (κ1) is 57.7. The summed E-state index contributed by atoms with van der Waals surface area (Å²) in [6.07, 6.45) is 25.7. The number of methoxy groups -OCH3 is 4. The van der Waals surface area contributed by atoms with Gasteiger partial charge in [-0.2, -0.15) is 0 Å². The van der Waals surface area contributed by atoms with Crippen molar-refractivity contribution >= 4 is 8.07 Å². The molecule has 0 radical (unpaired) electrons. The van der Waals surface area contributed by atoms with E-state index in [2.05, 4.69) is 130 Å². The number of aryl methyl sites for hydroxylation is 5. The fourth-order valence-electron chi connectivity index (χ4n) is 17.3. The van der Waals surface area contributed by atoms with Crippen LogP contribution in [0.1, 0.15) is 197 Å². The topological polar surface area (TPSA) is 36.9 Å². The van der Waals surface area contributed by atoms with Crippen LogP contribution in [-0.4, -0.2) is 54.8 Å². The van der Waals surface area contributed by atoms with E-state index in [-0.39, 0.29) is 7.43 Å². The van der Waals surface area contributed by atoms with Crippen molar-refractivity contribution in [2.75, 3.05) is 28.4 Å². The van der Waals surface area contributed by atoms with Crippen molar-refractivity contribution in [2.24, 2.45) is 16.2 Å². The maximum absolute atomic E-state index is 5.84. The Morgan fingerprint density at radius 2 is 1.01 bits per heavy atom. The van der Waals surface area contributed by atoms with Crippen LogP contribution in [0.25, 0.3) is 0 Å². The Morgan fingerprint density at radius 3 is 1.45 bits per heavy atom. The molecule has 3 aromatic carbocycles. The molecule has 0 amide bonds. The van der Waals surface area contributed by atoms with Gasteiger partial charge in [0.2, 0.25) is 0 Å². The predicted molar refractivity (Wildman–Crippen MR) is 320 cm³/mol. The average Bonchev–Trinajstić information content (AvgIpc) is 4.07. The largest absolute Gasteiger partial charge is 0.497 e. The summed E-state index contributed by atoms with van der Waals surface area (Å²) < 4.78 is 22.8. The van der Waals surface area contributed by atoms with E-state index >= 15 is 0 Å². The van der Waals surface area contributed by atoms with Crippen molar-refractivity contribution in [1.29, 1.82) is 0 Å². The van der Waals surface area contributed by atoms with Crippen LogP contribution in [0, 0.1) is 30.1 Å². The van der Waals surface area contributed by atoms with Gasteiger partial charge in [-0.3, -0.25) is 0 Å². The lowest BCUT2D eigenvalue weighted by atomic mass is 9.54. The van der Waals surface area contributed by atoms with E-state index in [0.717, 1.165) is 31.4 Å². The first-order chi connectivity index (χ1) is 35.3. The number of ether oxygens (including phenoxy) is 4. The zero-order chi connectivity index (χ0) is 53.0. The summed E-state index contributed by atoms with van der Waals surface area (Å²) in [5.41, 5.74) is 24.6. The van der Waals surface area contributed by atoms with Gasteiger partial charge in [0, 0.05) is 32.2 Å². The van der Waals surface area contributed by atoms with Gasteiger partial charge in [0.25, 0.3) is 0 Å². The van der Waals surface area contributed by atoms with E-state index in [1.807, 2.05) is 27.4 Å². The van der Waals surface area contributed by atoms with Crippen LogP contribution in [0.3, 0.4) is 0 Å². The van der Waals surface area contributed by atoms with Gasteiger partial charge in [0.05, 0.1) is 33.5 Å². The quantitative estimate of drug-likeness (QED) is 0.142. The van der Waals surface area contributed by atoms with E-state index in [1.165, 1.54) is 119 Å². The number of benzene rings is 3. The van der Waals surface area contributed by atoms with Gasteiger partial charge < -0.3 is 18.9 Å². The molecule has 0 aliphatic heterocycles. The van der Waals surface area contributed by atoms with Crippen molar-refractivity contribution in [3.63, 3.8) is 0 Å². The molecule has 0 unspecified atom stereocenters. The molecule has 0 saturated heterocycles. The molecule has 410 valence electrons. The first-order valence-electron chi connectivity index (χ1n) is 29.6. The highest BCUT2D eigenvalue weighted by molar-refractivity contribution is 6.83. The first-order valence-corrected chi connectivity index (χ1v) is 33.1. The summed E-state index contributed by atoms with van der Waals surface area (Å²) in [6, 6.07) is 23.0. The normalized spacial score (nSPS) is 31.4. The summed E-state index contributed by atoms with van der Waals surface area (Å²) in [5, 5.41) is 1.80. The average molecular weight is 1040 g/mol. The highest BCUT2D eigenvalue weighted by Crippen LogP contribution is 2.63. The van der Waals surface area contributed by atoms with Gasteiger partial charge in [-0.05, 0) is 210 Å². The zero-order valence-electron chi connectivity index (χ0n) is 49.3. The molecule has 0 N–H and O–H groups in total. The Hall–Kier alpha value is -3.48. The van der Waals surface area contributed by atoms with Crippen LogP contribution < -0.4 is 4.74 Å². The van der Waals surface area contributed by atoms with E-state index in [9.17, 15) is 0 Å². The van der Waals surface area contributed by atoms with Crippen molar-refractivity contribution in [1.82, 2.24) is 0 Å². The van der Waals surface area contributed by atoms with Gasteiger partial charge in [0.1, 0.15) is 5.75 Å². The van der Waals surface area contributed by atoms with Crippen LogP contribution in [0.4, 0.5) is 0 Å². The summed E-state index contributed by atoms with van der Waals surface area (Å²) in [5.74, 6) is 0.956. The second kappa shape index (κ2) is 22.3. The molecule has 8 aliphatic carbocycles. The Morgan fingerprint density at radius 1 is 0.533 bits per heavy atom. The van der Waals surface area contributed by atoms with Crippen molar-refractivity contribution in [3.8, 4) is 5.75 Å². The molecule has 4 nitrogen and oxygen atoms in total. The van der Waals surface area contributed by atoms with Crippen molar-refractivity contribution in [3.05, 3.63) is 144 Å².